The SMILES string of the molecule is COC(=O)c1nccc(NC2CC=CC2)n1. The van der Waals surface area contributed by atoms with Crippen LogP contribution in [-0.4, -0.2) is 29.1 Å². The fourth-order valence-electron chi connectivity index (χ4n) is 1.57. The number of aromatic nitrogens is 2. The van der Waals surface area contributed by atoms with Gasteiger partial charge in [-0.1, -0.05) is 12.2 Å². The van der Waals surface area contributed by atoms with Gasteiger partial charge in [-0.15, -0.1) is 0 Å². The average molecular weight is 219 g/mol. The minimum Gasteiger partial charge on any atom is -0.463 e. The van der Waals surface area contributed by atoms with Crippen LogP contribution in [0.4, 0.5) is 5.82 Å². The van der Waals surface area contributed by atoms with E-state index in [9.17, 15) is 4.79 Å². The van der Waals surface area contributed by atoms with Gasteiger partial charge < -0.3 is 10.1 Å². The van der Waals surface area contributed by atoms with Gasteiger partial charge in [-0.3, -0.25) is 0 Å². The van der Waals surface area contributed by atoms with Crippen LogP contribution in [0.1, 0.15) is 23.5 Å². The van der Waals surface area contributed by atoms with Crippen LogP contribution in [0.15, 0.2) is 24.4 Å². The molecule has 1 aromatic rings. The van der Waals surface area contributed by atoms with E-state index >= 15 is 0 Å². The van der Waals surface area contributed by atoms with Gasteiger partial charge in [0.2, 0.25) is 5.82 Å². The van der Waals surface area contributed by atoms with E-state index < -0.39 is 5.97 Å². The van der Waals surface area contributed by atoms with Gasteiger partial charge in [0.25, 0.3) is 0 Å². The van der Waals surface area contributed by atoms with Crippen LogP contribution in [0.2, 0.25) is 0 Å². The van der Waals surface area contributed by atoms with Crippen molar-refractivity contribution in [3.05, 3.63) is 30.2 Å². The number of nitrogens with one attached hydrogen (secondary N) is 1. The number of ether oxygens (including phenoxy) is 1. The van der Waals surface area contributed by atoms with Gasteiger partial charge in [0.05, 0.1) is 7.11 Å². The van der Waals surface area contributed by atoms with Crippen molar-refractivity contribution >= 4 is 11.8 Å². The molecule has 0 aliphatic heterocycles. The molecule has 2 rings (SSSR count). The van der Waals surface area contributed by atoms with Crippen molar-refractivity contribution in [2.24, 2.45) is 0 Å². The fourth-order valence-corrected chi connectivity index (χ4v) is 1.57. The first kappa shape index (κ1) is 10.6. The third kappa shape index (κ3) is 2.36. The highest BCUT2D eigenvalue weighted by Crippen LogP contribution is 2.14. The number of carbonyl (C=O) groups excluding carboxylic acids is 1. The molecule has 1 heterocycles. The Morgan fingerprint density at radius 3 is 2.94 bits per heavy atom. The normalized spacial score (nSPS) is 15.1. The van der Waals surface area contributed by atoms with Crippen molar-refractivity contribution in [2.45, 2.75) is 18.9 Å². The average Bonchev–Trinajstić information content (AvgIpc) is 2.81. The van der Waals surface area contributed by atoms with Gasteiger partial charge >= 0.3 is 5.97 Å². The predicted octanol–water partition coefficient (Wildman–Crippen LogP) is 1.39. The van der Waals surface area contributed by atoms with Gasteiger partial charge in [-0.2, -0.15) is 0 Å². The lowest BCUT2D eigenvalue weighted by Crippen LogP contribution is -2.17. The zero-order chi connectivity index (χ0) is 11.4. The Morgan fingerprint density at radius 2 is 2.25 bits per heavy atom. The van der Waals surface area contributed by atoms with Gasteiger partial charge in [0.1, 0.15) is 5.82 Å². The van der Waals surface area contributed by atoms with Crippen LogP contribution >= 0.6 is 0 Å². The zero-order valence-electron chi connectivity index (χ0n) is 9.01. The van der Waals surface area contributed by atoms with E-state index in [-0.39, 0.29) is 5.82 Å². The molecule has 0 radical (unpaired) electrons. The third-order valence-corrected chi connectivity index (χ3v) is 2.38. The van der Waals surface area contributed by atoms with Crippen molar-refractivity contribution in [1.82, 2.24) is 9.97 Å². The van der Waals surface area contributed by atoms with E-state index in [1.807, 2.05) is 0 Å². The second-order valence-electron chi connectivity index (χ2n) is 3.54. The van der Waals surface area contributed by atoms with Crippen LogP contribution in [0.25, 0.3) is 0 Å². The first-order valence-corrected chi connectivity index (χ1v) is 5.12. The summed E-state index contributed by atoms with van der Waals surface area (Å²) in [5.74, 6) is 0.218. The van der Waals surface area contributed by atoms with E-state index in [0.717, 1.165) is 12.8 Å². The second kappa shape index (κ2) is 4.74. The van der Waals surface area contributed by atoms with E-state index in [1.165, 1.54) is 7.11 Å². The fraction of sp³-hybridized carbons (Fsp3) is 0.364. The highest BCUT2D eigenvalue weighted by Gasteiger charge is 2.13. The first-order valence-electron chi connectivity index (χ1n) is 5.12. The molecule has 0 aromatic carbocycles. The molecular weight excluding hydrogens is 206 g/mol. The molecule has 0 fully saturated rings. The second-order valence-corrected chi connectivity index (χ2v) is 3.54. The summed E-state index contributed by atoms with van der Waals surface area (Å²) in [4.78, 5) is 19.1. The summed E-state index contributed by atoms with van der Waals surface area (Å²) in [6.07, 6.45) is 7.76. The molecule has 5 nitrogen and oxygen atoms in total. The molecule has 5 heteroatoms. The largest absolute Gasteiger partial charge is 0.463 e. The van der Waals surface area contributed by atoms with Gasteiger partial charge in [-0.25, -0.2) is 14.8 Å². The first-order chi connectivity index (χ1) is 7.79. The maximum Gasteiger partial charge on any atom is 0.376 e. The number of rotatable bonds is 3. The number of carbonyl (C=O) groups is 1. The Labute approximate surface area is 93.6 Å². The molecule has 16 heavy (non-hydrogen) atoms. The lowest BCUT2D eigenvalue weighted by Gasteiger charge is -2.12. The molecule has 0 bridgehead atoms. The van der Waals surface area contributed by atoms with Crippen molar-refractivity contribution in [3.63, 3.8) is 0 Å². The van der Waals surface area contributed by atoms with E-state index in [4.69, 9.17) is 0 Å². The van der Waals surface area contributed by atoms with E-state index in [2.05, 4.69) is 32.2 Å². The van der Waals surface area contributed by atoms with Gasteiger partial charge in [-0.05, 0) is 18.9 Å². The smallest absolute Gasteiger partial charge is 0.376 e. The number of anilines is 1. The van der Waals surface area contributed by atoms with Gasteiger partial charge in [0, 0.05) is 12.2 Å². The molecule has 1 N–H and O–H groups in total. The molecule has 0 spiro atoms. The van der Waals surface area contributed by atoms with Crippen molar-refractivity contribution in [1.29, 1.82) is 0 Å². The Bertz CT molecular complexity index is 409. The molecule has 0 saturated carbocycles. The Hall–Kier alpha value is -1.91. The Morgan fingerprint density at radius 1 is 1.50 bits per heavy atom. The maximum absolute atomic E-state index is 11.2. The lowest BCUT2D eigenvalue weighted by atomic mass is 10.2. The molecule has 0 amide bonds. The molecule has 0 atom stereocenters. The monoisotopic (exact) mass is 219 g/mol. The molecule has 0 saturated heterocycles. The minimum atomic E-state index is -0.520. The van der Waals surface area contributed by atoms with Crippen molar-refractivity contribution in [3.8, 4) is 0 Å². The predicted molar refractivity (Wildman–Crippen MR) is 59.2 cm³/mol. The summed E-state index contributed by atoms with van der Waals surface area (Å²) in [6.45, 7) is 0. The molecule has 1 aliphatic carbocycles. The minimum absolute atomic E-state index is 0.0819. The molecule has 1 aliphatic rings. The number of hydrogen-bond acceptors (Lipinski definition) is 5. The Balaban J connectivity index is 2.06. The summed E-state index contributed by atoms with van der Waals surface area (Å²) in [7, 11) is 1.31. The summed E-state index contributed by atoms with van der Waals surface area (Å²) < 4.78 is 4.56. The van der Waals surface area contributed by atoms with Crippen LogP contribution in [0, 0.1) is 0 Å². The summed E-state index contributed by atoms with van der Waals surface area (Å²) in [5.41, 5.74) is 0. The lowest BCUT2D eigenvalue weighted by molar-refractivity contribution is 0.0587. The standard InChI is InChI=1S/C11H13N3O2/c1-16-11(15)10-12-7-6-9(14-10)13-8-4-2-3-5-8/h2-3,6-8H,4-5H2,1H3,(H,12,13,14). The van der Waals surface area contributed by atoms with Crippen molar-refractivity contribution in [2.75, 3.05) is 12.4 Å². The van der Waals surface area contributed by atoms with Gasteiger partial charge in [0.15, 0.2) is 0 Å². The summed E-state index contributed by atoms with van der Waals surface area (Å²) in [6, 6.07) is 2.10. The number of nitrogens with zero attached hydrogens (tertiary/aromatic N) is 2. The Kier molecular flexibility index (Phi) is 3.14. The summed E-state index contributed by atoms with van der Waals surface area (Å²) in [5, 5.41) is 3.24. The highest BCUT2D eigenvalue weighted by molar-refractivity contribution is 5.85. The molecule has 1 aromatic heterocycles. The van der Waals surface area contributed by atoms with Crippen LogP contribution in [0.5, 0.6) is 0 Å². The highest BCUT2D eigenvalue weighted by atomic mass is 16.5. The third-order valence-electron chi connectivity index (χ3n) is 2.38. The maximum atomic E-state index is 11.2. The van der Waals surface area contributed by atoms with Crippen LogP contribution in [-0.2, 0) is 4.74 Å². The number of hydrogen-bond donors (Lipinski definition) is 1. The molecule has 0 unspecified atom stereocenters. The number of esters is 1. The molecule has 84 valence electrons. The molecular formula is C11H13N3O2. The van der Waals surface area contributed by atoms with E-state index in [1.54, 1.807) is 12.3 Å². The van der Waals surface area contributed by atoms with E-state index in [0.29, 0.717) is 11.9 Å². The quantitative estimate of drug-likeness (QED) is 0.614. The number of methoxy groups -OCH3 is 1. The van der Waals surface area contributed by atoms with Crippen LogP contribution in [0.3, 0.4) is 0 Å². The van der Waals surface area contributed by atoms with Crippen molar-refractivity contribution < 1.29 is 9.53 Å². The topological polar surface area (TPSA) is 64.1 Å². The zero-order valence-corrected chi connectivity index (χ0v) is 9.01. The summed E-state index contributed by atoms with van der Waals surface area (Å²) >= 11 is 0. The van der Waals surface area contributed by atoms with Crippen LogP contribution < -0.4 is 5.32 Å².